The van der Waals surface area contributed by atoms with Crippen molar-refractivity contribution in [3.63, 3.8) is 0 Å². The molecular weight excluding hydrogens is 275 g/mol. The number of hydrogen-bond donors (Lipinski definition) is 2. The first-order valence-electron chi connectivity index (χ1n) is 5.02. The van der Waals surface area contributed by atoms with Gasteiger partial charge < -0.3 is 11.1 Å². The van der Waals surface area contributed by atoms with E-state index in [-0.39, 0.29) is 11.7 Å². The Kier molecular flexibility index (Phi) is 2.99. The van der Waals surface area contributed by atoms with Crippen molar-refractivity contribution >= 4 is 21.8 Å². The first-order valence-corrected chi connectivity index (χ1v) is 5.82. The average molecular weight is 287 g/mol. The third-order valence-corrected chi connectivity index (χ3v) is 3.43. The van der Waals surface area contributed by atoms with Gasteiger partial charge in [0.2, 0.25) is 5.91 Å². The largest absolute Gasteiger partial charge is 0.350 e. The van der Waals surface area contributed by atoms with Crippen LogP contribution in [0.4, 0.5) is 4.39 Å². The van der Waals surface area contributed by atoms with E-state index in [2.05, 4.69) is 21.2 Å². The van der Waals surface area contributed by atoms with Gasteiger partial charge in [-0.05, 0) is 30.5 Å². The average Bonchev–Trinajstić information content (AvgIpc) is 2.96. The molecule has 1 fully saturated rings. The van der Waals surface area contributed by atoms with E-state index < -0.39 is 5.54 Å². The van der Waals surface area contributed by atoms with Crippen LogP contribution in [0, 0.1) is 5.82 Å². The summed E-state index contributed by atoms with van der Waals surface area (Å²) >= 11 is 3.24. The van der Waals surface area contributed by atoms with Gasteiger partial charge in [-0.3, -0.25) is 4.79 Å². The van der Waals surface area contributed by atoms with Crippen LogP contribution < -0.4 is 11.1 Å². The quantitative estimate of drug-likeness (QED) is 0.889. The Labute approximate surface area is 101 Å². The molecule has 16 heavy (non-hydrogen) atoms. The number of halogens is 2. The van der Waals surface area contributed by atoms with Crippen molar-refractivity contribution in [2.24, 2.45) is 5.73 Å². The van der Waals surface area contributed by atoms with E-state index in [4.69, 9.17) is 5.73 Å². The van der Waals surface area contributed by atoms with Crippen molar-refractivity contribution in [3.8, 4) is 0 Å². The SMILES string of the molecule is NC1(C(=O)NCc2ccc(F)cc2Br)CC1. The van der Waals surface area contributed by atoms with Gasteiger partial charge in [0, 0.05) is 11.0 Å². The third-order valence-electron chi connectivity index (χ3n) is 2.70. The normalized spacial score (nSPS) is 16.9. The van der Waals surface area contributed by atoms with Crippen LogP contribution >= 0.6 is 15.9 Å². The molecule has 3 nitrogen and oxygen atoms in total. The zero-order valence-electron chi connectivity index (χ0n) is 8.59. The molecule has 5 heteroatoms. The Morgan fingerprint density at radius 3 is 2.81 bits per heavy atom. The summed E-state index contributed by atoms with van der Waals surface area (Å²) in [5, 5.41) is 2.75. The molecule has 0 saturated heterocycles. The Morgan fingerprint density at radius 1 is 1.56 bits per heavy atom. The van der Waals surface area contributed by atoms with E-state index in [1.165, 1.54) is 12.1 Å². The fourth-order valence-corrected chi connectivity index (χ4v) is 1.87. The van der Waals surface area contributed by atoms with Crippen molar-refractivity contribution in [2.45, 2.75) is 24.9 Å². The molecule has 0 heterocycles. The number of nitrogens with two attached hydrogens (primary N) is 1. The fraction of sp³-hybridized carbons (Fsp3) is 0.364. The van der Waals surface area contributed by atoms with Crippen LogP contribution in [0.1, 0.15) is 18.4 Å². The van der Waals surface area contributed by atoms with Crippen LogP contribution in [0.2, 0.25) is 0 Å². The van der Waals surface area contributed by atoms with Gasteiger partial charge in [-0.25, -0.2) is 4.39 Å². The summed E-state index contributed by atoms with van der Waals surface area (Å²) in [7, 11) is 0. The first kappa shape index (κ1) is 11.5. The molecule has 1 aliphatic carbocycles. The summed E-state index contributed by atoms with van der Waals surface area (Å²) in [6.07, 6.45) is 1.48. The second-order valence-electron chi connectivity index (χ2n) is 4.07. The summed E-state index contributed by atoms with van der Waals surface area (Å²) in [5.74, 6) is -0.442. The van der Waals surface area contributed by atoms with Crippen LogP contribution in [0.25, 0.3) is 0 Å². The van der Waals surface area contributed by atoms with Gasteiger partial charge >= 0.3 is 0 Å². The highest BCUT2D eigenvalue weighted by Crippen LogP contribution is 2.32. The van der Waals surface area contributed by atoms with E-state index in [0.29, 0.717) is 11.0 Å². The molecule has 0 aromatic heterocycles. The molecule has 1 aromatic carbocycles. The molecule has 1 saturated carbocycles. The number of carbonyl (C=O) groups is 1. The zero-order valence-corrected chi connectivity index (χ0v) is 10.2. The monoisotopic (exact) mass is 286 g/mol. The molecular formula is C11H12BrFN2O. The van der Waals surface area contributed by atoms with Crippen molar-refractivity contribution < 1.29 is 9.18 Å². The molecule has 1 aromatic rings. The molecule has 0 atom stereocenters. The fourth-order valence-electron chi connectivity index (χ4n) is 1.38. The molecule has 2 rings (SSSR count). The molecule has 86 valence electrons. The van der Waals surface area contributed by atoms with Gasteiger partial charge in [-0.15, -0.1) is 0 Å². The molecule has 0 spiro atoms. The van der Waals surface area contributed by atoms with Gasteiger partial charge in [0.25, 0.3) is 0 Å². The lowest BCUT2D eigenvalue weighted by Crippen LogP contribution is -2.42. The van der Waals surface area contributed by atoms with Crippen LogP contribution in [-0.2, 0) is 11.3 Å². The second-order valence-corrected chi connectivity index (χ2v) is 4.93. The smallest absolute Gasteiger partial charge is 0.240 e. The van der Waals surface area contributed by atoms with Crippen LogP contribution in [0.3, 0.4) is 0 Å². The standard InChI is InChI=1S/C11H12BrFN2O/c12-9-5-8(13)2-1-7(9)6-15-10(16)11(14)3-4-11/h1-2,5H,3-4,6,14H2,(H,15,16). The lowest BCUT2D eigenvalue weighted by Gasteiger charge is -2.11. The van der Waals surface area contributed by atoms with Gasteiger partial charge in [0.05, 0.1) is 5.54 Å². The molecule has 3 N–H and O–H groups in total. The van der Waals surface area contributed by atoms with E-state index in [1.807, 2.05) is 0 Å². The summed E-state index contributed by atoms with van der Waals surface area (Å²) < 4.78 is 13.5. The minimum atomic E-state index is -0.660. The van der Waals surface area contributed by atoms with Crippen molar-refractivity contribution in [1.82, 2.24) is 5.32 Å². The molecule has 0 bridgehead atoms. The van der Waals surface area contributed by atoms with E-state index >= 15 is 0 Å². The Bertz CT molecular complexity index is 432. The molecule has 0 aliphatic heterocycles. The van der Waals surface area contributed by atoms with E-state index in [0.717, 1.165) is 18.4 Å². The molecule has 0 radical (unpaired) electrons. The van der Waals surface area contributed by atoms with Gasteiger partial charge in [-0.2, -0.15) is 0 Å². The lowest BCUT2D eigenvalue weighted by atomic mass is 10.2. The van der Waals surface area contributed by atoms with Gasteiger partial charge in [0.1, 0.15) is 5.82 Å². The predicted octanol–water partition coefficient (Wildman–Crippen LogP) is 1.70. The minimum absolute atomic E-state index is 0.135. The van der Waals surface area contributed by atoms with Gasteiger partial charge in [0.15, 0.2) is 0 Å². The Balaban J connectivity index is 1.97. The third kappa shape index (κ3) is 2.41. The Morgan fingerprint density at radius 2 is 2.25 bits per heavy atom. The zero-order chi connectivity index (χ0) is 11.8. The summed E-state index contributed by atoms with van der Waals surface area (Å²) in [6, 6.07) is 4.37. The van der Waals surface area contributed by atoms with Crippen molar-refractivity contribution in [2.75, 3.05) is 0 Å². The maximum atomic E-state index is 12.8. The highest BCUT2D eigenvalue weighted by molar-refractivity contribution is 9.10. The second kappa shape index (κ2) is 4.14. The Hall–Kier alpha value is -0.940. The van der Waals surface area contributed by atoms with Crippen LogP contribution in [0.5, 0.6) is 0 Å². The maximum absolute atomic E-state index is 12.8. The number of amides is 1. The number of rotatable bonds is 3. The lowest BCUT2D eigenvalue weighted by molar-refractivity contribution is -0.123. The number of nitrogens with one attached hydrogen (secondary N) is 1. The van der Waals surface area contributed by atoms with Crippen molar-refractivity contribution in [1.29, 1.82) is 0 Å². The van der Waals surface area contributed by atoms with Crippen molar-refractivity contribution in [3.05, 3.63) is 34.1 Å². The van der Waals surface area contributed by atoms with Gasteiger partial charge in [-0.1, -0.05) is 22.0 Å². The maximum Gasteiger partial charge on any atom is 0.240 e. The minimum Gasteiger partial charge on any atom is -0.350 e. The van der Waals surface area contributed by atoms with E-state index in [1.54, 1.807) is 6.07 Å². The number of hydrogen-bond acceptors (Lipinski definition) is 2. The topological polar surface area (TPSA) is 55.1 Å². The summed E-state index contributed by atoms with van der Waals surface area (Å²) in [6.45, 7) is 0.360. The molecule has 0 unspecified atom stereocenters. The molecule has 1 aliphatic rings. The van der Waals surface area contributed by atoms with Crippen LogP contribution in [-0.4, -0.2) is 11.4 Å². The molecule has 1 amide bonds. The summed E-state index contributed by atoms with van der Waals surface area (Å²) in [5.41, 5.74) is 5.90. The predicted molar refractivity (Wildman–Crippen MR) is 62.1 cm³/mol. The number of benzene rings is 1. The number of carbonyl (C=O) groups excluding carboxylic acids is 1. The highest BCUT2D eigenvalue weighted by atomic mass is 79.9. The highest BCUT2D eigenvalue weighted by Gasteiger charge is 2.45. The first-order chi connectivity index (χ1) is 7.51. The van der Waals surface area contributed by atoms with E-state index in [9.17, 15) is 9.18 Å². The van der Waals surface area contributed by atoms with Crippen LogP contribution in [0.15, 0.2) is 22.7 Å². The summed E-state index contributed by atoms with van der Waals surface area (Å²) in [4.78, 5) is 11.6.